The fraction of sp³-hybridized carbons (Fsp3) is 1.00. The number of alkyl halides is 1. The summed E-state index contributed by atoms with van der Waals surface area (Å²) in [5, 5.41) is 0. The number of hydrogen-bond donors (Lipinski definition) is 0. The smallest absolute Gasteiger partial charge is 0.0593 e. The quantitative estimate of drug-likeness (QED) is 0.509. The molecule has 1 atom stereocenters. The zero-order chi connectivity index (χ0) is 10.3. The molecule has 2 nitrogen and oxygen atoms in total. The van der Waals surface area contributed by atoms with Crippen LogP contribution in [0.25, 0.3) is 0 Å². The van der Waals surface area contributed by atoms with Gasteiger partial charge in [-0.25, -0.2) is 0 Å². The van der Waals surface area contributed by atoms with Gasteiger partial charge in [0, 0.05) is 24.5 Å². The lowest BCUT2D eigenvalue weighted by Crippen LogP contribution is -2.28. The topological polar surface area (TPSA) is 12.5 Å². The maximum atomic E-state index is 5.49. The van der Waals surface area contributed by atoms with Crippen molar-refractivity contribution in [1.29, 1.82) is 0 Å². The maximum Gasteiger partial charge on any atom is 0.0593 e. The van der Waals surface area contributed by atoms with Crippen LogP contribution in [0.4, 0.5) is 0 Å². The summed E-state index contributed by atoms with van der Waals surface area (Å²) in [6, 6.07) is 0. The van der Waals surface area contributed by atoms with E-state index in [2.05, 4.69) is 48.6 Å². The molecule has 0 fully saturated rings. The van der Waals surface area contributed by atoms with E-state index in [1.165, 1.54) is 0 Å². The van der Waals surface area contributed by atoms with E-state index in [-0.39, 0.29) is 0 Å². The summed E-state index contributed by atoms with van der Waals surface area (Å²) < 4.78 is 5.49. The Bertz CT molecular complexity index is 117. The van der Waals surface area contributed by atoms with Gasteiger partial charge in [-0.15, -0.1) is 0 Å². The van der Waals surface area contributed by atoms with E-state index in [4.69, 9.17) is 4.74 Å². The van der Waals surface area contributed by atoms with Crippen LogP contribution >= 0.6 is 15.9 Å². The van der Waals surface area contributed by atoms with Crippen molar-refractivity contribution in [2.45, 2.75) is 25.6 Å². The molecular weight excluding hydrogens is 230 g/mol. The number of hydrogen-bond acceptors (Lipinski definition) is 2. The maximum absolute atomic E-state index is 5.49. The molecule has 1 unspecified atom stereocenters. The van der Waals surface area contributed by atoms with E-state index < -0.39 is 0 Å². The fourth-order valence-electron chi connectivity index (χ4n) is 1.06. The van der Waals surface area contributed by atoms with E-state index in [1.807, 2.05) is 0 Å². The third-order valence-electron chi connectivity index (χ3n) is 1.63. The van der Waals surface area contributed by atoms with E-state index in [1.54, 1.807) is 0 Å². The van der Waals surface area contributed by atoms with Crippen molar-refractivity contribution in [2.24, 2.45) is 5.92 Å². The molecule has 0 aromatic carbocycles. The van der Waals surface area contributed by atoms with Gasteiger partial charge in [0.05, 0.1) is 6.61 Å². The highest BCUT2D eigenvalue weighted by atomic mass is 79.9. The molecule has 0 N–H and O–H groups in total. The van der Waals surface area contributed by atoms with Gasteiger partial charge >= 0.3 is 0 Å². The first-order valence-electron chi connectivity index (χ1n) is 4.92. The third-order valence-corrected chi connectivity index (χ3v) is 1.92. The van der Waals surface area contributed by atoms with Crippen LogP contribution in [-0.4, -0.2) is 43.1 Å². The average molecular weight is 252 g/mol. The molecule has 80 valence electrons. The van der Waals surface area contributed by atoms with Crippen LogP contribution in [-0.2, 0) is 4.74 Å². The summed E-state index contributed by atoms with van der Waals surface area (Å²) in [7, 11) is 2.12. The molecular formula is C10H22BrNO. The molecule has 0 amide bonds. The van der Waals surface area contributed by atoms with Crippen molar-refractivity contribution in [1.82, 2.24) is 4.90 Å². The first-order chi connectivity index (χ1) is 6.02. The molecule has 0 aromatic heterocycles. The van der Waals surface area contributed by atoms with Gasteiger partial charge in [0.2, 0.25) is 0 Å². The van der Waals surface area contributed by atoms with Gasteiger partial charge in [-0.3, -0.25) is 0 Å². The third kappa shape index (κ3) is 10.3. The zero-order valence-electron chi connectivity index (χ0n) is 9.22. The van der Waals surface area contributed by atoms with Crippen LogP contribution in [0.2, 0.25) is 0 Å². The minimum absolute atomic E-state index is 0.558. The molecule has 0 rings (SSSR count). The summed E-state index contributed by atoms with van der Waals surface area (Å²) in [5.74, 6) is 0.639. The molecule has 0 aliphatic carbocycles. The summed E-state index contributed by atoms with van der Waals surface area (Å²) in [6.45, 7) is 10.3. The molecule has 0 bridgehead atoms. The second-order valence-electron chi connectivity index (χ2n) is 4.01. The average Bonchev–Trinajstić information content (AvgIpc) is 1.96. The highest BCUT2D eigenvalue weighted by molar-refractivity contribution is 9.09. The Morgan fingerprint density at radius 2 is 1.92 bits per heavy atom. The second kappa shape index (κ2) is 7.77. The molecule has 0 saturated heterocycles. The summed E-state index contributed by atoms with van der Waals surface area (Å²) in [5.41, 5.74) is 0. The van der Waals surface area contributed by atoms with Crippen molar-refractivity contribution < 1.29 is 4.74 Å². The normalized spacial score (nSPS) is 14.1. The minimum atomic E-state index is 0.558. The van der Waals surface area contributed by atoms with Crippen LogP contribution in [0.3, 0.4) is 0 Å². The van der Waals surface area contributed by atoms with Crippen LogP contribution < -0.4 is 0 Å². The molecule has 3 heteroatoms. The van der Waals surface area contributed by atoms with Crippen molar-refractivity contribution in [3.05, 3.63) is 0 Å². The standard InChI is InChI=1S/C10H22BrNO/c1-9(2)8-13-6-5-12(4)7-10(3)11/h9-10H,5-8H2,1-4H3. The summed E-state index contributed by atoms with van der Waals surface area (Å²) in [4.78, 5) is 2.84. The van der Waals surface area contributed by atoms with Crippen molar-refractivity contribution in [3.8, 4) is 0 Å². The van der Waals surface area contributed by atoms with E-state index in [0.717, 1.165) is 26.3 Å². The van der Waals surface area contributed by atoms with Crippen molar-refractivity contribution in [2.75, 3.05) is 33.4 Å². The molecule has 0 spiro atoms. The Labute approximate surface area is 90.8 Å². The van der Waals surface area contributed by atoms with Gasteiger partial charge in [-0.05, 0) is 13.0 Å². The highest BCUT2D eigenvalue weighted by Crippen LogP contribution is 1.99. The van der Waals surface area contributed by atoms with Crippen LogP contribution in [0.1, 0.15) is 20.8 Å². The number of rotatable bonds is 7. The van der Waals surface area contributed by atoms with Gasteiger partial charge in [0.1, 0.15) is 0 Å². The van der Waals surface area contributed by atoms with Gasteiger partial charge in [-0.2, -0.15) is 0 Å². The first-order valence-corrected chi connectivity index (χ1v) is 5.84. The SMILES string of the molecule is CC(C)COCCN(C)CC(C)Br. The monoisotopic (exact) mass is 251 g/mol. The Morgan fingerprint density at radius 3 is 2.38 bits per heavy atom. The first kappa shape index (κ1) is 13.4. The van der Waals surface area contributed by atoms with Crippen LogP contribution in [0.5, 0.6) is 0 Å². The largest absolute Gasteiger partial charge is 0.380 e. The van der Waals surface area contributed by atoms with Gasteiger partial charge in [0.15, 0.2) is 0 Å². The highest BCUT2D eigenvalue weighted by Gasteiger charge is 2.02. The van der Waals surface area contributed by atoms with Crippen LogP contribution in [0.15, 0.2) is 0 Å². The lowest BCUT2D eigenvalue weighted by molar-refractivity contribution is 0.0920. The van der Waals surface area contributed by atoms with Crippen molar-refractivity contribution in [3.63, 3.8) is 0 Å². The zero-order valence-corrected chi connectivity index (χ0v) is 10.8. The molecule has 0 radical (unpaired) electrons. The summed E-state index contributed by atoms with van der Waals surface area (Å²) in [6.07, 6.45) is 0. The Kier molecular flexibility index (Phi) is 8.01. The molecule has 0 aliphatic rings. The Morgan fingerprint density at radius 1 is 1.31 bits per heavy atom. The molecule has 0 aliphatic heterocycles. The Hall–Kier alpha value is 0.400. The number of halogens is 1. The fourth-order valence-corrected chi connectivity index (χ4v) is 1.55. The van der Waals surface area contributed by atoms with Gasteiger partial charge in [0.25, 0.3) is 0 Å². The summed E-state index contributed by atoms with van der Waals surface area (Å²) >= 11 is 3.52. The predicted octanol–water partition coefficient (Wildman–Crippen LogP) is 2.37. The molecule has 0 saturated carbocycles. The van der Waals surface area contributed by atoms with E-state index in [9.17, 15) is 0 Å². The number of nitrogens with zero attached hydrogens (tertiary/aromatic N) is 1. The Balaban J connectivity index is 3.22. The lowest BCUT2D eigenvalue weighted by Gasteiger charge is -2.18. The van der Waals surface area contributed by atoms with Crippen molar-refractivity contribution >= 4 is 15.9 Å². The number of likely N-dealkylation sites (N-methyl/N-ethyl adjacent to an activating group) is 1. The van der Waals surface area contributed by atoms with Gasteiger partial charge in [-0.1, -0.05) is 36.7 Å². The number of ether oxygens (including phenoxy) is 1. The second-order valence-corrected chi connectivity index (χ2v) is 5.57. The lowest BCUT2D eigenvalue weighted by atomic mass is 10.2. The van der Waals surface area contributed by atoms with E-state index in [0.29, 0.717) is 10.7 Å². The minimum Gasteiger partial charge on any atom is -0.380 e. The van der Waals surface area contributed by atoms with Crippen LogP contribution in [0, 0.1) is 5.92 Å². The van der Waals surface area contributed by atoms with E-state index >= 15 is 0 Å². The molecule has 0 heterocycles. The predicted molar refractivity (Wildman–Crippen MR) is 61.5 cm³/mol. The molecule has 13 heavy (non-hydrogen) atoms. The molecule has 0 aromatic rings. The van der Waals surface area contributed by atoms with Gasteiger partial charge < -0.3 is 9.64 Å².